The zero-order valence-corrected chi connectivity index (χ0v) is 12.9. The fourth-order valence-corrected chi connectivity index (χ4v) is 2.59. The Bertz CT molecular complexity index is 563. The highest BCUT2D eigenvalue weighted by Gasteiger charge is 2.19. The van der Waals surface area contributed by atoms with Gasteiger partial charge in [-0.3, -0.25) is 0 Å². The molecule has 1 aromatic heterocycles. The lowest BCUT2D eigenvalue weighted by molar-refractivity contribution is 0.335. The van der Waals surface area contributed by atoms with Crippen molar-refractivity contribution in [2.24, 2.45) is 11.7 Å². The molecule has 2 aromatic rings. The van der Waals surface area contributed by atoms with E-state index in [0.29, 0.717) is 34.2 Å². The Balaban J connectivity index is 2.27. The van der Waals surface area contributed by atoms with Gasteiger partial charge in [-0.15, -0.1) is 0 Å². The number of benzene rings is 1. The van der Waals surface area contributed by atoms with Crippen molar-refractivity contribution in [3.63, 3.8) is 0 Å². The molecule has 0 fully saturated rings. The van der Waals surface area contributed by atoms with E-state index in [4.69, 9.17) is 33.5 Å². The minimum atomic E-state index is 0.0749. The standard InChI is InChI=1S/C14H17Cl2N3O/c1-8(2)3-10(7-17)14-18-13(19-20-14)9-4-11(15)6-12(16)5-9/h4-6,8,10H,3,7,17H2,1-2H3. The van der Waals surface area contributed by atoms with Crippen molar-refractivity contribution in [1.29, 1.82) is 0 Å². The highest BCUT2D eigenvalue weighted by Crippen LogP contribution is 2.27. The molecule has 0 bridgehead atoms. The van der Waals surface area contributed by atoms with Crippen LogP contribution in [0.2, 0.25) is 10.0 Å². The third-order valence-electron chi connectivity index (χ3n) is 2.95. The lowest BCUT2D eigenvalue weighted by Gasteiger charge is -2.11. The van der Waals surface area contributed by atoms with Crippen LogP contribution in [0.3, 0.4) is 0 Å². The van der Waals surface area contributed by atoms with Crippen LogP contribution in [0.15, 0.2) is 22.7 Å². The minimum absolute atomic E-state index is 0.0749. The van der Waals surface area contributed by atoms with E-state index in [9.17, 15) is 0 Å². The second-order valence-corrected chi connectivity index (χ2v) is 6.05. The average molecular weight is 314 g/mol. The van der Waals surface area contributed by atoms with Gasteiger partial charge in [0, 0.05) is 22.2 Å². The maximum atomic E-state index is 5.97. The third kappa shape index (κ3) is 3.72. The fourth-order valence-electron chi connectivity index (χ4n) is 2.07. The maximum Gasteiger partial charge on any atom is 0.231 e. The van der Waals surface area contributed by atoms with Gasteiger partial charge in [0.15, 0.2) is 0 Å². The van der Waals surface area contributed by atoms with Crippen LogP contribution >= 0.6 is 23.2 Å². The quantitative estimate of drug-likeness (QED) is 0.901. The summed E-state index contributed by atoms with van der Waals surface area (Å²) >= 11 is 11.9. The van der Waals surface area contributed by atoms with Gasteiger partial charge in [0.2, 0.25) is 11.7 Å². The first-order valence-electron chi connectivity index (χ1n) is 6.49. The molecule has 20 heavy (non-hydrogen) atoms. The largest absolute Gasteiger partial charge is 0.339 e. The van der Waals surface area contributed by atoms with Crippen LogP contribution in [0, 0.1) is 5.92 Å². The van der Waals surface area contributed by atoms with Crippen molar-refractivity contribution in [3.8, 4) is 11.4 Å². The van der Waals surface area contributed by atoms with Crippen LogP contribution in [0.25, 0.3) is 11.4 Å². The second kappa shape index (κ2) is 6.57. The van der Waals surface area contributed by atoms with Crippen LogP contribution < -0.4 is 5.73 Å². The summed E-state index contributed by atoms with van der Waals surface area (Å²) in [7, 11) is 0. The van der Waals surface area contributed by atoms with E-state index in [-0.39, 0.29) is 5.92 Å². The molecule has 0 saturated carbocycles. The lowest BCUT2D eigenvalue weighted by Crippen LogP contribution is -2.15. The fraction of sp³-hybridized carbons (Fsp3) is 0.429. The minimum Gasteiger partial charge on any atom is -0.339 e. The molecule has 0 saturated heterocycles. The Hall–Kier alpha value is -1.10. The molecule has 0 amide bonds. The van der Waals surface area contributed by atoms with E-state index in [0.717, 1.165) is 12.0 Å². The van der Waals surface area contributed by atoms with Gasteiger partial charge < -0.3 is 10.3 Å². The number of rotatable bonds is 5. The zero-order chi connectivity index (χ0) is 14.7. The highest BCUT2D eigenvalue weighted by molar-refractivity contribution is 6.35. The van der Waals surface area contributed by atoms with Crippen LogP contribution in [0.5, 0.6) is 0 Å². The zero-order valence-electron chi connectivity index (χ0n) is 11.4. The maximum absolute atomic E-state index is 5.97. The van der Waals surface area contributed by atoms with E-state index < -0.39 is 0 Å². The van der Waals surface area contributed by atoms with Gasteiger partial charge in [0.1, 0.15) is 0 Å². The van der Waals surface area contributed by atoms with Crippen molar-refractivity contribution in [2.75, 3.05) is 6.54 Å². The molecule has 0 aliphatic rings. The summed E-state index contributed by atoms with van der Waals surface area (Å²) in [5, 5.41) is 5.06. The first kappa shape index (κ1) is 15.3. The van der Waals surface area contributed by atoms with E-state index in [1.54, 1.807) is 18.2 Å². The number of nitrogens with two attached hydrogens (primary N) is 1. The van der Waals surface area contributed by atoms with Crippen molar-refractivity contribution in [3.05, 3.63) is 34.1 Å². The molecular formula is C14H17Cl2N3O. The predicted octanol–water partition coefficient (Wildman–Crippen LogP) is 4.13. The summed E-state index contributed by atoms with van der Waals surface area (Å²) in [6, 6.07) is 5.17. The summed E-state index contributed by atoms with van der Waals surface area (Å²) < 4.78 is 5.33. The van der Waals surface area contributed by atoms with Crippen LogP contribution in [-0.4, -0.2) is 16.7 Å². The molecule has 1 aromatic carbocycles. The van der Waals surface area contributed by atoms with E-state index >= 15 is 0 Å². The molecule has 4 nitrogen and oxygen atoms in total. The molecule has 0 spiro atoms. The van der Waals surface area contributed by atoms with Gasteiger partial charge in [-0.2, -0.15) is 4.98 Å². The van der Waals surface area contributed by atoms with Gasteiger partial charge in [-0.25, -0.2) is 0 Å². The summed E-state index contributed by atoms with van der Waals surface area (Å²) in [4.78, 5) is 4.41. The van der Waals surface area contributed by atoms with Crippen molar-refractivity contribution >= 4 is 23.2 Å². The molecule has 0 aliphatic heterocycles. The van der Waals surface area contributed by atoms with Crippen molar-refractivity contribution in [1.82, 2.24) is 10.1 Å². The summed E-state index contributed by atoms with van der Waals surface area (Å²) in [6.07, 6.45) is 0.911. The molecule has 0 radical (unpaired) electrons. The molecule has 2 rings (SSSR count). The molecule has 108 valence electrons. The van der Waals surface area contributed by atoms with Crippen molar-refractivity contribution in [2.45, 2.75) is 26.2 Å². The number of hydrogen-bond acceptors (Lipinski definition) is 4. The lowest BCUT2D eigenvalue weighted by atomic mass is 9.97. The SMILES string of the molecule is CC(C)CC(CN)c1nc(-c2cc(Cl)cc(Cl)c2)no1. The molecule has 6 heteroatoms. The summed E-state index contributed by atoms with van der Waals surface area (Å²) in [5.41, 5.74) is 6.51. The topological polar surface area (TPSA) is 64.9 Å². The Kier molecular flexibility index (Phi) is 5.02. The van der Waals surface area contributed by atoms with Gasteiger partial charge >= 0.3 is 0 Å². The normalized spacial score (nSPS) is 12.9. The predicted molar refractivity (Wildman–Crippen MR) is 81.0 cm³/mol. The Morgan fingerprint density at radius 1 is 1.20 bits per heavy atom. The second-order valence-electron chi connectivity index (χ2n) is 5.18. The van der Waals surface area contributed by atoms with Gasteiger partial charge in [0.25, 0.3) is 0 Å². The van der Waals surface area contributed by atoms with E-state index in [2.05, 4.69) is 24.0 Å². The third-order valence-corrected chi connectivity index (χ3v) is 3.39. The summed E-state index contributed by atoms with van der Waals surface area (Å²) in [6.45, 7) is 4.75. The van der Waals surface area contributed by atoms with E-state index in [1.807, 2.05) is 0 Å². The number of nitrogens with zero attached hydrogens (tertiary/aromatic N) is 2. The first-order valence-corrected chi connectivity index (χ1v) is 7.25. The number of halogens is 2. The van der Waals surface area contributed by atoms with Gasteiger partial charge in [-0.05, 0) is 30.5 Å². The van der Waals surface area contributed by atoms with Crippen molar-refractivity contribution < 1.29 is 4.52 Å². The highest BCUT2D eigenvalue weighted by atomic mass is 35.5. The monoisotopic (exact) mass is 313 g/mol. The molecule has 1 heterocycles. The van der Waals surface area contributed by atoms with Gasteiger partial charge in [0.05, 0.1) is 5.92 Å². The number of aromatic nitrogens is 2. The van der Waals surface area contributed by atoms with Crippen LogP contribution in [-0.2, 0) is 0 Å². The Morgan fingerprint density at radius 3 is 2.40 bits per heavy atom. The average Bonchev–Trinajstić information content (AvgIpc) is 2.84. The summed E-state index contributed by atoms with van der Waals surface area (Å²) in [5.74, 6) is 1.63. The molecule has 1 unspecified atom stereocenters. The van der Waals surface area contributed by atoms with Crippen LogP contribution in [0.1, 0.15) is 32.1 Å². The van der Waals surface area contributed by atoms with E-state index in [1.165, 1.54) is 0 Å². The Morgan fingerprint density at radius 2 is 1.85 bits per heavy atom. The number of hydrogen-bond donors (Lipinski definition) is 1. The molecule has 0 aliphatic carbocycles. The van der Waals surface area contributed by atoms with Crippen LogP contribution in [0.4, 0.5) is 0 Å². The Labute approximate surface area is 128 Å². The smallest absolute Gasteiger partial charge is 0.231 e. The molecule has 1 atom stereocenters. The molecular weight excluding hydrogens is 297 g/mol. The first-order chi connectivity index (χ1) is 9.49. The molecule has 2 N–H and O–H groups in total. The van der Waals surface area contributed by atoms with Gasteiger partial charge in [-0.1, -0.05) is 42.2 Å².